The highest BCUT2D eigenvalue weighted by atomic mass is 19.4. The zero-order valence-corrected chi connectivity index (χ0v) is 5.95. The number of carbonyl (C=O) groups excluding carboxylic acids is 1. The summed E-state index contributed by atoms with van der Waals surface area (Å²) in [6.45, 7) is 0.878. The topological polar surface area (TPSA) is 17.1 Å². The number of alkyl halides is 5. The maximum absolute atomic E-state index is 11.9. The van der Waals surface area contributed by atoms with Gasteiger partial charge in [0, 0.05) is 0 Å². The number of carbonyl (C=O) groups is 1. The summed E-state index contributed by atoms with van der Waals surface area (Å²) >= 11 is 0. The lowest BCUT2D eigenvalue weighted by Gasteiger charge is -2.14. The van der Waals surface area contributed by atoms with Crippen molar-refractivity contribution in [3.63, 3.8) is 0 Å². The maximum atomic E-state index is 11.9. The van der Waals surface area contributed by atoms with E-state index in [4.69, 9.17) is 0 Å². The number of allylic oxidation sites excluding steroid dienone is 2. The van der Waals surface area contributed by atoms with E-state index in [1.807, 2.05) is 0 Å². The summed E-state index contributed by atoms with van der Waals surface area (Å²) in [6, 6.07) is 0. The normalized spacial score (nSPS) is 13.8. The van der Waals surface area contributed by atoms with Crippen molar-refractivity contribution in [2.45, 2.75) is 19.0 Å². The van der Waals surface area contributed by atoms with Crippen molar-refractivity contribution in [3.05, 3.63) is 12.2 Å². The number of ketones is 1. The molecule has 0 unspecified atom stereocenters. The summed E-state index contributed by atoms with van der Waals surface area (Å²) < 4.78 is 58.0. The monoisotopic (exact) mass is 188 g/mol. The molecule has 0 aromatic carbocycles. The Balaban J connectivity index is 4.54. The third kappa shape index (κ3) is 2.98. The Morgan fingerprint density at radius 1 is 1.17 bits per heavy atom. The van der Waals surface area contributed by atoms with Crippen molar-refractivity contribution in [3.8, 4) is 0 Å². The molecule has 0 heterocycles. The van der Waals surface area contributed by atoms with Crippen LogP contribution in [0.15, 0.2) is 12.2 Å². The standard InChI is InChI=1S/C6H5F5O/c1-4(12)2-3-5(7,8)6(9,10)11/h2-3H,1H3/b3-2+. The molecule has 0 aliphatic rings. The van der Waals surface area contributed by atoms with Gasteiger partial charge in [-0.2, -0.15) is 22.0 Å². The molecule has 0 bridgehead atoms. The van der Waals surface area contributed by atoms with Gasteiger partial charge in [-0.05, 0) is 19.1 Å². The lowest BCUT2D eigenvalue weighted by atomic mass is 10.2. The van der Waals surface area contributed by atoms with Gasteiger partial charge in [-0.25, -0.2) is 0 Å². The lowest BCUT2D eigenvalue weighted by Crippen LogP contribution is -2.34. The molecule has 0 spiro atoms. The summed E-state index contributed by atoms with van der Waals surface area (Å²) in [5, 5.41) is 0. The summed E-state index contributed by atoms with van der Waals surface area (Å²) in [6.07, 6.45) is -5.91. The van der Waals surface area contributed by atoms with E-state index in [0.717, 1.165) is 6.92 Å². The smallest absolute Gasteiger partial charge is 0.295 e. The van der Waals surface area contributed by atoms with Crippen LogP contribution >= 0.6 is 0 Å². The van der Waals surface area contributed by atoms with E-state index in [-0.39, 0.29) is 6.08 Å². The molecule has 12 heavy (non-hydrogen) atoms. The summed E-state index contributed by atoms with van der Waals surface area (Å²) in [5.41, 5.74) is 0. The molecule has 70 valence electrons. The average molecular weight is 188 g/mol. The van der Waals surface area contributed by atoms with E-state index in [9.17, 15) is 26.7 Å². The van der Waals surface area contributed by atoms with Crippen molar-refractivity contribution < 1.29 is 26.7 Å². The number of hydrogen-bond acceptors (Lipinski definition) is 1. The Morgan fingerprint density at radius 2 is 1.58 bits per heavy atom. The molecule has 0 aromatic heterocycles. The minimum Gasteiger partial charge on any atom is -0.295 e. The summed E-state index contributed by atoms with van der Waals surface area (Å²) in [4.78, 5) is 10.0. The van der Waals surface area contributed by atoms with Gasteiger partial charge in [0.05, 0.1) is 0 Å². The van der Waals surface area contributed by atoms with Gasteiger partial charge in [-0.1, -0.05) is 0 Å². The first-order valence-electron chi connectivity index (χ1n) is 2.81. The number of rotatable bonds is 2. The van der Waals surface area contributed by atoms with Crippen LogP contribution in [0.4, 0.5) is 22.0 Å². The molecule has 0 radical (unpaired) electrons. The van der Waals surface area contributed by atoms with Crippen LogP contribution in [0.5, 0.6) is 0 Å². The Bertz CT molecular complexity index is 202. The highest BCUT2D eigenvalue weighted by molar-refractivity contribution is 5.87. The second-order valence-electron chi connectivity index (χ2n) is 2.06. The molecule has 6 heteroatoms. The molecular formula is C6H5F5O. The van der Waals surface area contributed by atoms with Gasteiger partial charge in [0.25, 0.3) is 0 Å². The molecule has 0 amide bonds. The van der Waals surface area contributed by atoms with Gasteiger partial charge >= 0.3 is 12.1 Å². The van der Waals surface area contributed by atoms with Gasteiger partial charge in [0.15, 0.2) is 5.78 Å². The van der Waals surface area contributed by atoms with E-state index >= 15 is 0 Å². The van der Waals surface area contributed by atoms with Crippen LogP contribution in [0.2, 0.25) is 0 Å². The van der Waals surface area contributed by atoms with Crippen LogP contribution in [0.25, 0.3) is 0 Å². The highest BCUT2D eigenvalue weighted by Gasteiger charge is 2.55. The van der Waals surface area contributed by atoms with Crippen molar-refractivity contribution >= 4 is 5.78 Å². The van der Waals surface area contributed by atoms with Crippen LogP contribution in [-0.2, 0) is 4.79 Å². The Morgan fingerprint density at radius 3 is 1.83 bits per heavy atom. The fourth-order valence-electron chi connectivity index (χ4n) is 0.317. The molecule has 0 aromatic rings. The number of hydrogen-bond donors (Lipinski definition) is 0. The molecule has 0 saturated heterocycles. The lowest BCUT2D eigenvalue weighted by molar-refractivity contribution is -0.259. The average Bonchev–Trinajstić information content (AvgIpc) is 1.81. The van der Waals surface area contributed by atoms with Crippen LogP contribution < -0.4 is 0 Å². The minimum absolute atomic E-state index is 0.188. The molecule has 1 nitrogen and oxygen atoms in total. The van der Waals surface area contributed by atoms with Gasteiger partial charge in [0.2, 0.25) is 0 Å². The number of halogens is 5. The fourth-order valence-corrected chi connectivity index (χ4v) is 0.317. The summed E-state index contributed by atoms with van der Waals surface area (Å²) in [5.74, 6) is -5.79. The first-order valence-corrected chi connectivity index (χ1v) is 2.81. The zero-order valence-electron chi connectivity index (χ0n) is 5.95. The van der Waals surface area contributed by atoms with Gasteiger partial charge in [0.1, 0.15) is 0 Å². The molecule has 0 saturated carbocycles. The van der Waals surface area contributed by atoms with Crippen LogP contribution in [0.3, 0.4) is 0 Å². The van der Waals surface area contributed by atoms with Gasteiger partial charge in [-0.3, -0.25) is 4.79 Å². The molecule has 0 fully saturated rings. The molecule has 0 aliphatic carbocycles. The van der Waals surface area contributed by atoms with E-state index < -0.39 is 24.0 Å². The predicted octanol–water partition coefficient (Wildman–Crippen LogP) is 2.33. The first kappa shape index (κ1) is 11.1. The minimum atomic E-state index is -5.64. The Hall–Kier alpha value is -0.940. The second-order valence-corrected chi connectivity index (χ2v) is 2.06. The van der Waals surface area contributed by atoms with Crippen molar-refractivity contribution in [2.75, 3.05) is 0 Å². The predicted molar refractivity (Wildman–Crippen MR) is 30.8 cm³/mol. The van der Waals surface area contributed by atoms with Crippen molar-refractivity contribution in [1.29, 1.82) is 0 Å². The van der Waals surface area contributed by atoms with Crippen molar-refractivity contribution in [1.82, 2.24) is 0 Å². The van der Waals surface area contributed by atoms with Gasteiger partial charge in [-0.15, -0.1) is 0 Å². The Labute approximate surface area is 64.9 Å². The SMILES string of the molecule is CC(=O)/C=C/C(F)(F)C(F)(F)F. The molecule has 0 atom stereocenters. The largest absolute Gasteiger partial charge is 0.457 e. The highest BCUT2D eigenvalue weighted by Crippen LogP contribution is 2.36. The van der Waals surface area contributed by atoms with Crippen molar-refractivity contribution in [2.24, 2.45) is 0 Å². The molecular weight excluding hydrogens is 183 g/mol. The fraction of sp³-hybridized carbons (Fsp3) is 0.500. The van der Waals surface area contributed by atoms with Crippen LogP contribution in [0, 0.1) is 0 Å². The molecule has 0 rings (SSSR count). The third-order valence-electron chi connectivity index (χ3n) is 0.905. The quantitative estimate of drug-likeness (QED) is 0.480. The third-order valence-corrected chi connectivity index (χ3v) is 0.905. The zero-order chi connectivity index (χ0) is 9.99. The summed E-state index contributed by atoms with van der Waals surface area (Å²) in [7, 11) is 0. The van der Waals surface area contributed by atoms with Gasteiger partial charge < -0.3 is 0 Å². The van der Waals surface area contributed by atoms with E-state index in [1.165, 1.54) is 0 Å². The van der Waals surface area contributed by atoms with E-state index in [1.54, 1.807) is 0 Å². The van der Waals surface area contributed by atoms with E-state index in [2.05, 4.69) is 0 Å². The molecule has 0 N–H and O–H groups in total. The maximum Gasteiger partial charge on any atom is 0.457 e. The van der Waals surface area contributed by atoms with E-state index in [0.29, 0.717) is 0 Å². The second kappa shape index (κ2) is 3.20. The Kier molecular flexibility index (Phi) is 2.95. The first-order chi connectivity index (χ1) is 5.17. The van der Waals surface area contributed by atoms with Crippen LogP contribution in [0.1, 0.15) is 6.92 Å². The van der Waals surface area contributed by atoms with Crippen LogP contribution in [-0.4, -0.2) is 17.9 Å². The molecule has 0 aliphatic heterocycles.